The van der Waals surface area contributed by atoms with Crippen LogP contribution < -0.4 is 20.5 Å². The number of aromatic nitrogens is 1. The molecule has 9 heteroatoms. The van der Waals surface area contributed by atoms with Gasteiger partial charge in [0.25, 0.3) is 5.91 Å². The molecule has 1 aromatic heterocycles. The molecular weight excluding hydrogens is 403 g/mol. The van der Waals surface area contributed by atoms with Gasteiger partial charge in [-0.05, 0) is 40.8 Å². The minimum absolute atomic E-state index is 0.0943. The first-order valence-corrected chi connectivity index (χ1v) is 10.5. The Morgan fingerprint density at radius 3 is 2.58 bits per heavy atom. The first-order valence-electron chi connectivity index (χ1n) is 10.5. The van der Waals surface area contributed by atoms with Crippen LogP contribution in [0.2, 0.25) is 0 Å². The Bertz CT molecular complexity index is 1080. The van der Waals surface area contributed by atoms with Gasteiger partial charge in [0.2, 0.25) is 5.43 Å². The lowest BCUT2D eigenvalue weighted by Gasteiger charge is -2.37. The third-order valence-corrected chi connectivity index (χ3v) is 5.66. The highest BCUT2D eigenvalue weighted by Gasteiger charge is 2.31. The SMILES string of the molecule is CC1COc2c(N3CCN(C)CC3)c(F)cc3c(=O)c(C(=O)NOC(C)(C)C)cn1c23. The molecule has 1 amide bonds. The number of benzene rings is 1. The number of rotatable bonds is 3. The molecule has 168 valence electrons. The van der Waals surface area contributed by atoms with Gasteiger partial charge in [0, 0.05) is 32.4 Å². The maximum atomic E-state index is 15.3. The lowest BCUT2D eigenvalue weighted by molar-refractivity contribution is -0.0590. The standard InChI is InChI=1S/C22H29FN4O4/c1-13-12-30-20-17-14(10-16(23)18(20)26-8-6-25(5)7-9-26)19(28)15(11-27(13)17)21(29)24-31-22(2,3)4/h10-11,13H,6-9,12H2,1-5H3,(H,24,29). The average molecular weight is 432 g/mol. The van der Waals surface area contributed by atoms with E-state index in [0.717, 1.165) is 13.1 Å². The Labute approximate surface area is 180 Å². The van der Waals surface area contributed by atoms with Crippen LogP contribution in [-0.4, -0.2) is 60.8 Å². The number of hydroxylamine groups is 1. The number of amides is 1. The van der Waals surface area contributed by atoms with E-state index < -0.39 is 22.8 Å². The van der Waals surface area contributed by atoms with Crippen molar-refractivity contribution in [3.8, 4) is 5.75 Å². The van der Waals surface area contributed by atoms with Gasteiger partial charge in [0.1, 0.15) is 17.9 Å². The highest BCUT2D eigenvalue weighted by molar-refractivity contribution is 5.99. The number of likely N-dealkylation sites (N-methyl/N-ethyl adjacent to an activating group) is 1. The topological polar surface area (TPSA) is 76.0 Å². The summed E-state index contributed by atoms with van der Waals surface area (Å²) in [6, 6.07) is 1.10. The van der Waals surface area contributed by atoms with Crippen molar-refractivity contribution < 1.29 is 18.8 Å². The van der Waals surface area contributed by atoms with E-state index in [-0.39, 0.29) is 17.0 Å². The van der Waals surface area contributed by atoms with Gasteiger partial charge in [-0.1, -0.05) is 0 Å². The number of nitrogens with zero attached hydrogens (tertiary/aromatic N) is 3. The van der Waals surface area contributed by atoms with Crippen LogP contribution in [0.25, 0.3) is 10.9 Å². The molecule has 8 nitrogen and oxygen atoms in total. The highest BCUT2D eigenvalue weighted by atomic mass is 19.1. The zero-order valence-electron chi connectivity index (χ0n) is 18.6. The first-order chi connectivity index (χ1) is 14.6. The Hall–Kier alpha value is -2.65. The van der Waals surface area contributed by atoms with Crippen molar-refractivity contribution in [2.45, 2.75) is 39.3 Å². The van der Waals surface area contributed by atoms with Gasteiger partial charge < -0.3 is 19.1 Å². The van der Waals surface area contributed by atoms with Gasteiger partial charge in [-0.2, -0.15) is 0 Å². The summed E-state index contributed by atoms with van der Waals surface area (Å²) >= 11 is 0. The summed E-state index contributed by atoms with van der Waals surface area (Å²) in [4.78, 5) is 35.3. The second-order valence-electron chi connectivity index (χ2n) is 9.31. The van der Waals surface area contributed by atoms with Crippen molar-refractivity contribution in [3.05, 3.63) is 33.9 Å². The molecule has 1 saturated heterocycles. The largest absolute Gasteiger partial charge is 0.487 e. The molecule has 4 rings (SSSR count). The van der Waals surface area contributed by atoms with E-state index in [4.69, 9.17) is 9.57 Å². The fourth-order valence-electron chi connectivity index (χ4n) is 3.95. The number of hydrogen-bond acceptors (Lipinski definition) is 6. The first kappa shape index (κ1) is 21.6. The molecule has 1 fully saturated rings. The summed E-state index contributed by atoms with van der Waals surface area (Å²) in [5.41, 5.74) is 1.98. The minimum Gasteiger partial charge on any atom is -0.487 e. The molecule has 2 aromatic rings. The van der Waals surface area contributed by atoms with Crippen LogP contribution in [0.5, 0.6) is 5.75 Å². The van der Waals surface area contributed by atoms with Crippen LogP contribution in [0.1, 0.15) is 44.1 Å². The number of ether oxygens (including phenoxy) is 1. The van der Waals surface area contributed by atoms with Crippen molar-refractivity contribution in [2.24, 2.45) is 0 Å². The predicted molar refractivity (Wildman–Crippen MR) is 116 cm³/mol. The molecule has 0 aliphatic carbocycles. The Morgan fingerprint density at radius 1 is 1.26 bits per heavy atom. The van der Waals surface area contributed by atoms with Crippen molar-refractivity contribution in [1.29, 1.82) is 0 Å². The van der Waals surface area contributed by atoms with Crippen LogP contribution >= 0.6 is 0 Å². The van der Waals surface area contributed by atoms with Gasteiger partial charge >= 0.3 is 0 Å². The molecule has 1 N–H and O–H groups in total. The summed E-state index contributed by atoms with van der Waals surface area (Å²) in [6.07, 6.45) is 1.52. The lowest BCUT2D eigenvalue weighted by atomic mass is 10.0. The van der Waals surface area contributed by atoms with E-state index in [0.29, 0.717) is 36.6 Å². The summed E-state index contributed by atoms with van der Waals surface area (Å²) in [7, 11) is 2.03. The minimum atomic E-state index is -0.658. The fraction of sp³-hybridized carbons (Fsp3) is 0.545. The molecule has 1 aromatic carbocycles. The van der Waals surface area contributed by atoms with Crippen molar-refractivity contribution in [2.75, 3.05) is 44.7 Å². The summed E-state index contributed by atoms with van der Waals surface area (Å²) in [5.74, 6) is -0.809. The number of anilines is 1. The van der Waals surface area contributed by atoms with Crippen LogP contribution in [0.4, 0.5) is 10.1 Å². The number of nitrogens with one attached hydrogen (secondary N) is 1. The van der Waals surface area contributed by atoms with E-state index in [2.05, 4.69) is 10.4 Å². The van der Waals surface area contributed by atoms with Gasteiger partial charge in [-0.3, -0.25) is 14.4 Å². The molecule has 31 heavy (non-hydrogen) atoms. The molecule has 2 aliphatic heterocycles. The number of pyridine rings is 1. The molecule has 0 spiro atoms. The van der Waals surface area contributed by atoms with Crippen LogP contribution in [-0.2, 0) is 4.84 Å². The molecular formula is C22H29FN4O4. The maximum Gasteiger partial charge on any atom is 0.280 e. The third kappa shape index (κ3) is 3.99. The summed E-state index contributed by atoms with van der Waals surface area (Å²) in [6.45, 7) is 10.6. The lowest BCUT2D eigenvalue weighted by Crippen LogP contribution is -2.45. The Kier molecular flexibility index (Phi) is 5.43. The fourth-order valence-corrected chi connectivity index (χ4v) is 3.95. The quantitative estimate of drug-likeness (QED) is 0.751. The molecule has 0 radical (unpaired) electrons. The van der Waals surface area contributed by atoms with Crippen molar-refractivity contribution in [1.82, 2.24) is 14.9 Å². The zero-order chi connectivity index (χ0) is 22.5. The molecule has 0 saturated carbocycles. The molecule has 2 aliphatic rings. The van der Waals surface area contributed by atoms with Crippen molar-refractivity contribution >= 4 is 22.5 Å². The zero-order valence-corrected chi connectivity index (χ0v) is 18.6. The monoisotopic (exact) mass is 432 g/mol. The van der Waals surface area contributed by atoms with E-state index in [1.807, 2.05) is 23.4 Å². The smallest absolute Gasteiger partial charge is 0.280 e. The normalized spacial score (nSPS) is 19.4. The number of carbonyl (C=O) groups excluding carboxylic acids is 1. The Morgan fingerprint density at radius 2 is 1.94 bits per heavy atom. The second kappa shape index (κ2) is 7.80. The highest BCUT2D eigenvalue weighted by Crippen LogP contribution is 2.42. The Balaban J connectivity index is 1.85. The number of halogens is 1. The number of hydrogen-bond donors (Lipinski definition) is 1. The maximum absolute atomic E-state index is 15.3. The van der Waals surface area contributed by atoms with Gasteiger partial charge in [0.05, 0.1) is 22.5 Å². The van der Waals surface area contributed by atoms with Crippen LogP contribution in [0, 0.1) is 5.82 Å². The van der Waals surface area contributed by atoms with Crippen LogP contribution in [0.15, 0.2) is 17.1 Å². The third-order valence-electron chi connectivity index (χ3n) is 5.66. The van der Waals surface area contributed by atoms with E-state index in [1.165, 1.54) is 12.3 Å². The van der Waals surface area contributed by atoms with Gasteiger partial charge in [-0.25, -0.2) is 9.87 Å². The van der Waals surface area contributed by atoms with Crippen LogP contribution in [0.3, 0.4) is 0 Å². The van der Waals surface area contributed by atoms with E-state index in [1.54, 1.807) is 20.8 Å². The summed E-state index contributed by atoms with van der Waals surface area (Å²) in [5, 5.41) is 0.125. The van der Waals surface area contributed by atoms with Gasteiger partial charge in [-0.15, -0.1) is 0 Å². The molecule has 1 atom stereocenters. The van der Waals surface area contributed by atoms with Gasteiger partial charge in [0.15, 0.2) is 11.6 Å². The molecule has 1 unspecified atom stereocenters. The number of carbonyl (C=O) groups is 1. The average Bonchev–Trinajstić information content (AvgIpc) is 2.70. The molecule has 0 bridgehead atoms. The molecule has 3 heterocycles. The number of piperazine rings is 1. The van der Waals surface area contributed by atoms with Crippen molar-refractivity contribution in [3.63, 3.8) is 0 Å². The summed E-state index contributed by atoms with van der Waals surface area (Å²) < 4.78 is 23.1. The van der Waals surface area contributed by atoms with E-state index in [9.17, 15) is 9.59 Å². The van der Waals surface area contributed by atoms with E-state index >= 15 is 4.39 Å². The second-order valence-corrected chi connectivity index (χ2v) is 9.31. The predicted octanol–water partition coefficient (Wildman–Crippen LogP) is 2.31.